The van der Waals surface area contributed by atoms with Crippen LogP contribution in [0.15, 0.2) is 24.3 Å². The van der Waals surface area contributed by atoms with E-state index in [9.17, 15) is 22.8 Å². The molecule has 0 saturated heterocycles. The first kappa shape index (κ1) is 21.8. The highest BCUT2D eigenvalue weighted by Crippen LogP contribution is 2.29. The Kier molecular flexibility index (Phi) is 7.06. The minimum absolute atomic E-state index is 0.0249. The van der Waals surface area contributed by atoms with Crippen LogP contribution >= 0.6 is 0 Å². The van der Waals surface area contributed by atoms with Crippen molar-refractivity contribution in [3.63, 3.8) is 0 Å². The van der Waals surface area contributed by atoms with Gasteiger partial charge in [-0.25, -0.2) is 9.59 Å². The van der Waals surface area contributed by atoms with Gasteiger partial charge in [0.25, 0.3) is 0 Å². The molecule has 0 bridgehead atoms. The van der Waals surface area contributed by atoms with Crippen molar-refractivity contribution in [2.24, 2.45) is 0 Å². The van der Waals surface area contributed by atoms with Gasteiger partial charge in [-0.3, -0.25) is 0 Å². The average Bonchev–Trinajstić information content (AvgIpc) is 2.43. The maximum Gasteiger partial charge on any atom is 0.416 e. The first-order valence-electron chi connectivity index (χ1n) is 8.14. The van der Waals surface area contributed by atoms with Crippen LogP contribution in [0.1, 0.15) is 45.7 Å². The molecule has 1 N–H and O–H groups in total. The Morgan fingerprint density at radius 2 is 1.62 bits per heavy atom. The lowest BCUT2D eigenvalue weighted by Crippen LogP contribution is -2.46. The van der Waals surface area contributed by atoms with Crippen LogP contribution < -0.4 is 5.32 Å². The summed E-state index contributed by atoms with van der Waals surface area (Å²) < 4.78 is 48.1. The van der Waals surface area contributed by atoms with Crippen molar-refractivity contribution in [1.82, 2.24) is 5.32 Å². The molecule has 1 atom stereocenters. The zero-order chi connectivity index (χ0) is 20.1. The molecular weight excluding hydrogens is 351 g/mol. The summed E-state index contributed by atoms with van der Waals surface area (Å²) in [7, 11) is 0. The number of ether oxygens (including phenoxy) is 2. The standard InChI is InChI=1S/C18H24F3NO4/c1-11(2)25-15(23)14(22-16(24)26-17(3,4)5)10-12-6-8-13(9-7-12)18(19,20)21/h6-9,11,14H,10H2,1-5H3,(H,22,24). The van der Waals surface area contributed by atoms with E-state index in [4.69, 9.17) is 9.47 Å². The second-order valence-corrected chi connectivity index (χ2v) is 7.08. The molecule has 5 nitrogen and oxygen atoms in total. The molecule has 1 aromatic carbocycles. The highest BCUT2D eigenvalue weighted by molar-refractivity contribution is 5.81. The third-order valence-corrected chi connectivity index (χ3v) is 3.05. The molecule has 0 aliphatic heterocycles. The van der Waals surface area contributed by atoms with Crippen LogP contribution in [-0.4, -0.2) is 29.8 Å². The largest absolute Gasteiger partial charge is 0.461 e. The van der Waals surface area contributed by atoms with Gasteiger partial charge >= 0.3 is 18.2 Å². The van der Waals surface area contributed by atoms with Crippen LogP contribution in [0.25, 0.3) is 0 Å². The third kappa shape index (κ3) is 7.76. The van der Waals surface area contributed by atoms with E-state index in [1.165, 1.54) is 12.1 Å². The lowest BCUT2D eigenvalue weighted by Gasteiger charge is -2.23. The average molecular weight is 375 g/mol. The van der Waals surface area contributed by atoms with Crippen LogP contribution in [0.4, 0.5) is 18.0 Å². The Labute approximate surface area is 150 Å². The van der Waals surface area contributed by atoms with Crippen molar-refractivity contribution in [2.75, 3.05) is 0 Å². The first-order chi connectivity index (χ1) is 11.8. The van der Waals surface area contributed by atoms with Crippen LogP contribution in [0, 0.1) is 0 Å². The SMILES string of the molecule is CC(C)OC(=O)C(Cc1ccc(C(F)(F)F)cc1)NC(=O)OC(C)(C)C. The molecule has 26 heavy (non-hydrogen) atoms. The van der Waals surface area contributed by atoms with Gasteiger partial charge in [-0.2, -0.15) is 13.2 Å². The molecule has 146 valence electrons. The number of nitrogens with one attached hydrogen (secondary N) is 1. The summed E-state index contributed by atoms with van der Waals surface area (Å²) in [4.78, 5) is 24.2. The molecular formula is C18H24F3NO4. The molecule has 1 unspecified atom stereocenters. The number of halogens is 3. The van der Waals surface area contributed by atoms with Gasteiger partial charge in [-0.05, 0) is 52.3 Å². The van der Waals surface area contributed by atoms with Crippen LogP contribution in [-0.2, 0) is 26.9 Å². The van der Waals surface area contributed by atoms with Gasteiger partial charge in [-0.15, -0.1) is 0 Å². The van der Waals surface area contributed by atoms with Crippen molar-refractivity contribution >= 4 is 12.1 Å². The number of amides is 1. The summed E-state index contributed by atoms with van der Waals surface area (Å²) in [6.07, 6.45) is -5.68. The van der Waals surface area contributed by atoms with Gasteiger partial charge < -0.3 is 14.8 Å². The summed E-state index contributed by atoms with van der Waals surface area (Å²) in [5.74, 6) is -0.689. The van der Waals surface area contributed by atoms with E-state index in [2.05, 4.69) is 5.32 Å². The summed E-state index contributed by atoms with van der Waals surface area (Å²) in [5.41, 5.74) is -1.10. The summed E-state index contributed by atoms with van der Waals surface area (Å²) in [6.45, 7) is 8.32. The minimum atomic E-state index is -4.44. The number of hydrogen-bond acceptors (Lipinski definition) is 4. The number of hydrogen-bond donors (Lipinski definition) is 1. The Morgan fingerprint density at radius 1 is 1.08 bits per heavy atom. The van der Waals surface area contributed by atoms with Crippen molar-refractivity contribution in [3.8, 4) is 0 Å². The molecule has 1 amide bonds. The van der Waals surface area contributed by atoms with E-state index in [1.54, 1.807) is 34.6 Å². The molecule has 0 aliphatic rings. The first-order valence-corrected chi connectivity index (χ1v) is 8.14. The fourth-order valence-electron chi connectivity index (χ4n) is 2.02. The van der Waals surface area contributed by atoms with E-state index in [0.29, 0.717) is 5.56 Å². The van der Waals surface area contributed by atoms with Crippen molar-refractivity contribution in [2.45, 2.75) is 65.0 Å². The second-order valence-electron chi connectivity index (χ2n) is 7.08. The quantitative estimate of drug-likeness (QED) is 0.787. The van der Waals surface area contributed by atoms with E-state index in [1.807, 2.05) is 0 Å². The van der Waals surface area contributed by atoms with Gasteiger partial charge in [0.2, 0.25) is 0 Å². The lowest BCUT2D eigenvalue weighted by atomic mass is 10.0. The van der Waals surface area contributed by atoms with Gasteiger partial charge in [-0.1, -0.05) is 12.1 Å². The molecule has 1 aromatic rings. The number of carbonyl (C=O) groups excluding carboxylic acids is 2. The van der Waals surface area contributed by atoms with Crippen molar-refractivity contribution in [1.29, 1.82) is 0 Å². The van der Waals surface area contributed by atoms with E-state index in [-0.39, 0.29) is 6.42 Å². The van der Waals surface area contributed by atoms with E-state index < -0.39 is 41.5 Å². The topological polar surface area (TPSA) is 64.6 Å². The van der Waals surface area contributed by atoms with E-state index >= 15 is 0 Å². The minimum Gasteiger partial charge on any atom is -0.461 e. The summed E-state index contributed by atoms with van der Waals surface area (Å²) in [5, 5.41) is 2.41. The number of carbonyl (C=O) groups is 2. The van der Waals surface area contributed by atoms with Crippen LogP contribution in [0.5, 0.6) is 0 Å². The Bertz CT molecular complexity index is 619. The fourth-order valence-corrected chi connectivity index (χ4v) is 2.02. The number of esters is 1. The highest BCUT2D eigenvalue weighted by atomic mass is 19.4. The molecule has 0 aliphatic carbocycles. The lowest BCUT2D eigenvalue weighted by molar-refractivity contribution is -0.150. The number of rotatable bonds is 5. The number of alkyl halides is 3. The normalized spacial score (nSPS) is 13.3. The molecule has 0 radical (unpaired) electrons. The molecule has 0 heterocycles. The van der Waals surface area contributed by atoms with Gasteiger partial charge in [0.15, 0.2) is 0 Å². The van der Waals surface area contributed by atoms with Gasteiger partial charge in [0.1, 0.15) is 11.6 Å². The second kappa shape index (κ2) is 8.42. The fraction of sp³-hybridized carbons (Fsp3) is 0.556. The molecule has 0 saturated carbocycles. The molecule has 0 fully saturated rings. The van der Waals surface area contributed by atoms with Crippen LogP contribution in [0.3, 0.4) is 0 Å². The maximum atomic E-state index is 12.6. The predicted molar refractivity (Wildman–Crippen MR) is 89.5 cm³/mol. The molecule has 8 heteroatoms. The monoisotopic (exact) mass is 375 g/mol. The number of alkyl carbamates (subject to hydrolysis) is 1. The Balaban J connectivity index is 2.91. The van der Waals surface area contributed by atoms with Crippen molar-refractivity contribution < 1.29 is 32.2 Å². The third-order valence-electron chi connectivity index (χ3n) is 3.05. The molecule has 1 rings (SSSR count). The predicted octanol–water partition coefficient (Wildman–Crippen LogP) is 4.09. The Hall–Kier alpha value is -2.25. The summed E-state index contributed by atoms with van der Waals surface area (Å²) >= 11 is 0. The smallest absolute Gasteiger partial charge is 0.416 e. The van der Waals surface area contributed by atoms with Crippen molar-refractivity contribution in [3.05, 3.63) is 35.4 Å². The zero-order valence-corrected chi connectivity index (χ0v) is 15.4. The van der Waals surface area contributed by atoms with E-state index in [0.717, 1.165) is 12.1 Å². The zero-order valence-electron chi connectivity index (χ0n) is 15.4. The van der Waals surface area contributed by atoms with Gasteiger partial charge in [0.05, 0.1) is 11.7 Å². The number of benzene rings is 1. The van der Waals surface area contributed by atoms with Crippen LogP contribution in [0.2, 0.25) is 0 Å². The summed E-state index contributed by atoms with van der Waals surface area (Å²) in [6, 6.07) is 3.29. The molecule has 0 spiro atoms. The maximum absolute atomic E-state index is 12.6. The van der Waals surface area contributed by atoms with Gasteiger partial charge in [0, 0.05) is 6.42 Å². The molecule has 0 aromatic heterocycles. The Morgan fingerprint density at radius 3 is 2.04 bits per heavy atom. The highest BCUT2D eigenvalue weighted by Gasteiger charge is 2.31.